The van der Waals surface area contributed by atoms with Crippen molar-refractivity contribution in [3.8, 4) is 0 Å². The fraction of sp³-hybridized carbons (Fsp3) is 0.304. The lowest BCUT2D eigenvalue weighted by atomic mass is 10.1. The van der Waals surface area contributed by atoms with Crippen LogP contribution in [0.2, 0.25) is 0 Å². The van der Waals surface area contributed by atoms with Crippen molar-refractivity contribution in [1.82, 2.24) is 20.2 Å². The minimum absolute atomic E-state index is 0.180. The van der Waals surface area contributed by atoms with Gasteiger partial charge in [0.25, 0.3) is 0 Å². The van der Waals surface area contributed by atoms with Gasteiger partial charge in [0.2, 0.25) is 0 Å². The summed E-state index contributed by atoms with van der Waals surface area (Å²) in [4.78, 5) is 8.97. The molecule has 0 aliphatic heterocycles. The summed E-state index contributed by atoms with van der Waals surface area (Å²) in [6.45, 7) is 8.55. The van der Waals surface area contributed by atoms with Gasteiger partial charge < -0.3 is 15.2 Å². The van der Waals surface area contributed by atoms with Gasteiger partial charge in [-0.05, 0) is 49.1 Å². The Kier molecular flexibility index (Phi) is 7.00. The van der Waals surface area contributed by atoms with E-state index in [1.807, 2.05) is 32.3 Å². The number of benzene rings is 2. The van der Waals surface area contributed by atoms with Gasteiger partial charge in [-0.2, -0.15) is 0 Å². The Morgan fingerprint density at radius 1 is 1.07 bits per heavy atom. The maximum atomic E-state index is 13.4. The molecule has 3 aromatic rings. The highest BCUT2D eigenvalue weighted by Crippen LogP contribution is 2.11. The number of guanidine groups is 1. The Morgan fingerprint density at radius 2 is 1.90 bits per heavy atom. The molecule has 0 amide bonds. The molecule has 0 saturated heterocycles. The standard InChI is InChI=1S/C23H28FN5/c1-4-25-23(28-15-20-8-9-22(24)17(2)12-20)27-14-19-6-5-7-21(13-19)16-29-11-10-26-18(29)3/h5-13H,4,14-16H2,1-3H3,(H2,25,27,28). The number of nitrogens with zero attached hydrogens (tertiary/aromatic N) is 3. The van der Waals surface area contributed by atoms with Gasteiger partial charge in [0.05, 0.1) is 6.54 Å². The highest BCUT2D eigenvalue weighted by atomic mass is 19.1. The summed E-state index contributed by atoms with van der Waals surface area (Å²) in [5.74, 6) is 1.56. The molecule has 1 heterocycles. The van der Waals surface area contributed by atoms with Crippen molar-refractivity contribution in [2.45, 2.75) is 40.4 Å². The second kappa shape index (κ2) is 9.87. The predicted molar refractivity (Wildman–Crippen MR) is 115 cm³/mol. The topological polar surface area (TPSA) is 54.2 Å². The van der Waals surface area contributed by atoms with Crippen molar-refractivity contribution < 1.29 is 4.39 Å². The van der Waals surface area contributed by atoms with Crippen molar-refractivity contribution in [3.63, 3.8) is 0 Å². The van der Waals surface area contributed by atoms with Crippen LogP contribution in [0.1, 0.15) is 35.0 Å². The summed E-state index contributed by atoms with van der Waals surface area (Å²) in [6.07, 6.45) is 3.81. The van der Waals surface area contributed by atoms with E-state index in [0.717, 1.165) is 36.0 Å². The largest absolute Gasteiger partial charge is 0.357 e. The fourth-order valence-corrected chi connectivity index (χ4v) is 3.11. The summed E-state index contributed by atoms with van der Waals surface area (Å²) in [5.41, 5.74) is 4.04. The van der Waals surface area contributed by atoms with Crippen molar-refractivity contribution in [3.05, 3.63) is 88.8 Å². The zero-order valence-electron chi connectivity index (χ0n) is 17.2. The summed E-state index contributed by atoms with van der Waals surface area (Å²) in [5, 5.41) is 6.58. The van der Waals surface area contributed by atoms with E-state index in [0.29, 0.717) is 18.7 Å². The highest BCUT2D eigenvalue weighted by molar-refractivity contribution is 5.79. The average Bonchev–Trinajstić information content (AvgIpc) is 3.11. The molecule has 152 valence electrons. The number of rotatable bonds is 7. The Morgan fingerprint density at radius 3 is 2.62 bits per heavy atom. The first-order chi connectivity index (χ1) is 14.0. The van der Waals surface area contributed by atoms with Crippen LogP contribution in [0.5, 0.6) is 0 Å². The van der Waals surface area contributed by atoms with Crippen LogP contribution in [0, 0.1) is 19.7 Å². The summed E-state index contributed by atoms with van der Waals surface area (Å²) in [6, 6.07) is 13.6. The minimum Gasteiger partial charge on any atom is -0.357 e. The van der Waals surface area contributed by atoms with Crippen LogP contribution in [0.25, 0.3) is 0 Å². The maximum Gasteiger partial charge on any atom is 0.191 e. The van der Waals surface area contributed by atoms with E-state index in [1.54, 1.807) is 13.0 Å². The monoisotopic (exact) mass is 393 g/mol. The van der Waals surface area contributed by atoms with E-state index >= 15 is 0 Å². The van der Waals surface area contributed by atoms with Gasteiger partial charge in [-0.25, -0.2) is 14.4 Å². The van der Waals surface area contributed by atoms with Gasteiger partial charge in [-0.15, -0.1) is 0 Å². The van der Waals surface area contributed by atoms with Gasteiger partial charge in [0.1, 0.15) is 11.6 Å². The Labute approximate surface area is 171 Å². The average molecular weight is 394 g/mol. The molecule has 5 nitrogen and oxygen atoms in total. The molecule has 0 fully saturated rings. The van der Waals surface area contributed by atoms with Crippen LogP contribution in [-0.4, -0.2) is 22.1 Å². The third kappa shape index (κ3) is 5.91. The second-order valence-corrected chi connectivity index (χ2v) is 7.05. The van der Waals surface area contributed by atoms with Crippen molar-refractivity contribution >= 4 is 5.96 Å². The SMILES string of the molecule is CCNC(=NCc1cccc(Cn2ccnc2C)c1)NCc1ccc(F)c(C)c1. The molecular formula is C23H28FN5. The lowest BCUT2D eigenvalue weighted by molar-refractivity contribution is 0.617. The van der Waals surface area contributed by atoms with E-state index in [2.05, 4.69) is 44.5 Å². The van der Waals surface area contributed by atoms with Gasteiger partial charge >= 0.3 is 0 Å². The predicted octanol–water partition coefficient (Wildman–Crippen LogP) is 3.94. The zero-order chi connectivity index (χ0) is 20.6. The number of hydrogen-bond acceptors (Lipinski definition) is 2. The van der Waals surface area contributed by atoms with Crippen molar-refractivity contribution in [1.29, 1.82) is 0 Å². The number of imidazole rings is 1. The van der Waals surface area contributed by atoms with Gasteiger partial charge in [0.15, 0.2) is 5.96 Å². The molecule has 0 spiro atoms. The highest BCUT2D eigenvalue weighted by Gasteiger charge is 2.03. The second-order valence-electron chi connectivity index (χ2n) is 7.05. The normalized spacial score (nSPS) is 11.5. The molecule has 0 saturated carbocycles. The summed E-state index contributed by atoms with van der Waals surface area (Å²) >= 11 is 0. The van der Waals surface area contributed by atoms with Crippen LogP contribution in [0.3, 0.4) is 0 Å². The molecule has 0 radical (unpaired) electrons. The van der Waals surface area contributed by atoms with Crippen LogP contribution in [0.15, 0.2) is 59.9 Å². The molecule has 0 unspecified atom stereocenters. The molecule has 2 aromatic carbocycles. The molecule has 1 aromatic heterocycles. The number of aromatic nitrogens is 2. The number of aliphatic imine (C=N–C) groups is 1. The van der Waals surface area contributed by atoms with Gasteiger partial charge in [-0.3, -0.25) is 0 Å². The third-order valence-electron chi connectivity index (χ3n) is 4.71. The third-order valence-corrected chi connectivity index (χ3v) is 4.71. The van der Waals surface area contributed by atoms with Gasteiger partial charge in [-0.1, -0.05) is 36.4 Å². The molecule has 0 bridgehead atoms. The molecule has 29 heavy (non-hydrogen) atoms. The molecular weight excluding hydrogens is 365 g/mol. The number of nitrogens with one attached hydrogen (secondary N) is 2. The van der Waals surface area contributed by atoms with Crippen LogP contribution >= 0.6 is 0 Å². The number of aryl methyl sites for hydroxylation is 2. The fourth-order valence-electron chi connectivity index (χ4n) is 3.11. The van der Waals surface area contributed by atoms with Crippen LogP contribution < -0.4 is 10.6 Å². The first-order valence-corrected chi connectivity index (χ1v) is 9.88. The Hall–Kier alpha value is -3.15. The van der Waals surface area contributed by atoms with E-state index < -0.39 is 0 Å². The van der Waals surface area contributed by atoms with Gasteiger partial charge in [0, 0.05) is 32.0 Å². The van der Waals surface area contributed by atoms with Crippen molar-refractivity contribution in [2.75, 3.05) is 6.54 Å². The first kappa shape index (κ1) is 20.6. The molecule has 3 rings (SSSR count). The quantitative estimate of drug-likeness (QED) is 0.472. The first-order valence-electron chi connectivity index (χ1n) is 9.88. The Bertz CT molecular complexity index is 977. The maximum absolute atomic E-state index is 13.4. The lowest BCUT2D eigenvalue weighted by Crippen LogP contribution is -2.36. The summed E-state index contributed by atoms with van der Waals surface area (Å²) < 4.78 is 15.6. The molecule has 0 aliphatic carbocycles. The van der Waals surface area contributed by atoms with E-state index in [-0.39, 0.29) is 5.82 Å². The molecule has 0 atom stereocenters. The van der Waals surface area contributed by atoms with Crippen molar-refractivity contribution in [2.24, 2.45) is 4.99 Å². The number of halogens is 1. The molecule has 0 aliphatic rings. The van der Waals surface area contributed by atoms with E-state index in [1.165, 1.54) is 11.6 Å². The summed E-state index contributed by atoms with van der Waals surface area (Å²) in [7, 11) is 0. The molecule has 6 heteroatoms. The lowest BCUT2D eigenvalue weighted by Gasteiger charge is -2.12. The van der Waals surface area contributed by atoms with Crippen LogP contribution in [0.4, 0.5) is 4.39 Å². The molecule has 2 N–H and O–H groups in total. The minimum atomic E-state index is -0.180. The van der Waals surface area contributed by atoms with E-state index in [4.69, 9.17) is 4.99 Å². The number of hydrogen-bond donors (Lipinski definition) is 2. The Balaban J connectivity index is 1.64. The van der Waals surface area contributed by atoms with Crippen LogP contribution in [-0.2, 0) is 19.6 Å². The van der Waals surface area contributed by atoms with E-state index in [9.17, 15) is 4.39 Å². The zero-order valence-corrected chi connectivity index (χ0v) is 17.2. The smallest absolute Gasteiger partial charge is 0.191 e.